The van der Waals surface area contributed by atoms with Crippen LogP contribution in [0.3, 0.4) is 0 Å². The number of fused-ring (bicyclic) bond motifs is 1. The van der Waals surface area contributed by atoms with Gasteiger partial charge in [0.2, 0.25) is 0 Å². The maximum Gasteiger partial charge on any atom is 0.355 e. The van der Waals surface area contributed by atoms with Gasteiger partial charge in [0.15, 0.2) is 0 Å². The third-order valence-electron chi connectivity index (χ3n) is 3.00. The Morgan fingerprint density at radius 2 is 1.43 bits per heavy atom. The van der Waals surface area contributed by atoms with Crippen LogP contribution in [0.1, 0.15) is 31.2 Å². The van der Waals surface area contributed by atoms with E-state index in [4.69, 9.17) is 4.74 Å². The molecule has 0 aliphatic rings. The summed E-state index contributed by atoms with van der Waals surface area (Å²) in [5.41, 5.74) is 0.0539. The Morgan fingerprint density at radius 3 is 2.00 bits per heavy atom. The fourth-order valence-electron chi connectivity index (χ4n) is 2.12. The molecule has 0 fully saturated rings. The van der Waals surface area contributed by atoms with Gasteiger partial charge in [-0.15, -0.1) is 0 Å². The van der Waals surface area contributed by atoms with Crippen molar-refractivity contribution in [3.05, 3.63) is 41.2 Å². The summed E-state index contributed by atoms with van der Waals surface area (Å²) in [7, 11) is 3.53. The standard InChI is InChI=1S/C14H13NO6/c1-19-12(16)9-8-6-4-5-7-15(8)11(14(18)21-3)10(9)13(17)20-2/h4-7H,1-3H3. The van der Waals surface area contributed by atoms with Gasteiger partial charge in [-0.25, -0.2) is 14.4 Å². The predicted octanol–water partition coefficient (Wildman–Crippen LogP) is 1.30. The third kappa shape index (κ3) is 2.22. The number of aromatic nitrogens is 1. The highest BCUT2D eigenvalue weighted by molar-refractivity contribution is 6.14. The van der Waals surface area contributed by atoms with Crippen LogP contribution in [-0.2, 0) is 14.2 Å². The van der Waals surface area contributed by atoms with Crippen LogP contribution in [0.25, 0.3) is 5.52 Å². The summed E-state index contributed by atoms with van der Waals surface area (Å²) in [4.78, 5) is 36.0. The van der Waals surface area contributed by atoms with E-state index < -0.39 is 17.9 Å². The van der Waals surface area contributed by atoms with Crippen molar-refractivity contribution in [2.45, 2.75) is 0 Å². The van der Waals surface area contributed by atoms with E-state index in [9.17, 15) is 14.4 Å². The number of carbonyl (C=O) groups excluding carboxylic acids is 3. The quantitative estimate of drug-likeness (QED) is 0.626. The first-order chi connectivity index (χ1) is 10.1. The van der Waals surface area contributed by atoms with E-state index in [-0.39, 0.29) is 16.8 Å². The van der Waals surface area contributed by atoms with Crippen molar-refractivity contribution in [3.8, 4) is 0 Å². The molecule has 0 bridgehead atoms. The van der Waals surface area contributed by atoms with Crippen LogP contribution in [0, 0.1) is 0 Å². The number of ether oxygens (including phenoxy) is 3. The number of hydrogen-bond acceptors (Lipinski definition) is 6. The molecule has 7 heteroatoms. The van der Waals surface area contributed by atoms with Gasteiger partial charge in [0.25, 0.3) is 0 Å². The van der Waals surface area contributed by atoms with E-state index in [1.54, 1.807) is 24.4 Å². The Labute approximate surface area is 120 Å². The fourth-order valence-corrected chi connectivity index (χ4v) is 2.12. The summed E-state index contributed by atoms with van der Waals surface area (Å²) in [5.74, 6) is -2.32. The lowest BCUT2D eigenvalue weighted by molar-refractivity contribution is 0.0536. The van der Waals surface area contributed by atoms with Crippen LogP contribution in [0.2, 0.25) is 0 Å². The van der Waals surface area contributed by atoms with Crippen LogP contribution in [0.15, 0.2) is 24.4 Å². The van der Waals surface area contributed by atoms with E-state index in [1.165, 1.54) is 18.6 Å². The second-order valence-electron chi connectivity index (χ2n) is 4.03. The van der Waals surface area contributed by atoms with Gasteiger partial charge in [-0.1, -0.05) is 6.07 Å². The summed E-state index contributed by atoms with van der Waals surface area (Å²) >= 11 is 0. The molecule has 0 saturated carbocycles. The van der Waals surface area contributed by atoms with E-state index in [0.717, 1.165) is 7.11 Å². The Balaban J connectivity index is 2.95. The van der Waals surface area contributed by atoms with Crippen LogP contribution < -0.4 is 0 Å². The lowest BCUT2D eigenvalue weighted by atomic mass is 10.1. The Morgan fingerprint density at radius 1 is 0.857 bits per heavy atom. The number of carbonyl (C=O) groups is 3. The van der Waals surface area contributed by atoms with Crippen molar-refractivity contribution < 1.29 is 28.6 Å². The number of hydrogen-bond donors (Lipinski definition) is 0. The lowest BCUT2D eigenvalue weighted by Crippen LogP contribution is -2.15. The van der Waals surface area contributed by atoms with Crippen molar-refractivity contribution in [3.63, 3.8) is 0 Å². The molecule has 0 radical (unpaired) electrons. The largest absolute Gasteiger partial charge is 0.465 e. The zero-order valence-electron chi connectivity index (χ0n) is 11.7. The first-order valence-corrected chi connectivity index (χ1v) is 5.94. The molecule has 0 spiro atoms. The second kappa shape index (κ2) is 5.66. The minimum atomic E-state index is -0.820. The molecule has 0 unspecified atom stereocenters. The fraction of sp³-hybridized carbons (Fsp3) is 0.214. The molecule has 2 rings (SSSR count). The highest BCUT2D eigenvalue weighted by atomic mass is 16.5. The molecule has 0 N–H and O–H groups in total. The Bertz CT molecular complexity index is 677. The molecule has 2 heterocycles. The molecule has 7 nitrogen and oxygen atoms in total. The minimum absolute atomic E-state index is 0.0367. The summed E-state index contributed by atoms with van der Waals surface area (Å²) < 4.78 is 15.4. The van der Waals surface area contributed by atoms with Gasteiger partial charge in [0, 0.05) is 6.20 Å². The number of methoxy groups -OCH3 is 3. The average molecular weight is 291 g/mol. The normalized spacial score (nSPS) is 10.2. The van der Waals surface area contributed by atoms with Gasteiger partial charge in [0.05, 0.1) is 26.8 Å². The van der Waals surface area contributed by atoms with Crippen LogP contribution in [-0.4, -0.2) is 43.6 Å². The Hall–Kier alpha value is -2.83. The van der Waals surface area contributed by atoms with Gasteiger partial charge in [0.1, 0.15) is 16.8 Å². The lowest BCUT2D eigenvalue weighted by Gasteiger charge is -2.04. The minimum Gasteiger partial charge on any atom is -0.465 e. The zero-order chi connectivity index (χ0) is 15.6. The van der Waals surface area contributed by atoms with Gasteiger partial charge < -0.3 is 18.6 Å². The zero-order valence-corrected chi connectivity index (χ0v) is 11.7. The van der Waals surface area contributed by atoms with E-state index >= 15 is 0 Å². The van der Waals surface area contributed by atoms with Crippen LogP contribution in [0.5, 0.6) is 0 Å². The molecular weight excluding hydrogens is 278 g/mol. The molecule has 110 valence electrons. The van der Waals surface area contributed by atoms with Crippen molar-refractivity contribution in [1.82, 2.24) is 4.40 Å². The molecule has 21 heavy (non-hydrogen) atoms. The van der Waals surface area contributed by atoms with Gasteiger partial charge in [-0.2, -0.15) is 0 Å². The number of pyridine rings is 1. The molecule has 2 aromatic heterocycles. The first kappa shape index (κ1) is 14.6. The topological polar surface area (TPSA) is 83.3 Å². The summed E-state index contributed by atoms with van der Waals surface area (Å²) in [6, 6.07) is 4.91. The van der Waals surface area contributed by atoms with Crippen LogP contribution in [0.4, 0.5) is 0 Å². The number of rotatable bonds is 3. The van der Waals surface area contributed by atoms with Crippen molar-refractivity contribution in [2.75, 3.05) is 21.3 Å². The molecular formula is C14H13NO6. The van der Waals surface area contributed by atoms with Crippen molar-refractivity contribution in [2.24, 2.45) is 0 Å². The van der Waals surface area contributed by atoms with E-state index in [2.05, 4.69) is 9.47 Å². The molecule has 2 aromatic rings. The summed E-state index contributed by atoms with van der Waals surface area (Å²) in [6.07, 6.45) is 1.54. The van der Waals surface area contributed by atoms with E-state index in [1.807, 2.05) is 0 Å². The van der Waals surface area contributed by atoms with Gasteiger partial charge >= 0.3 is 17.9 Å². The molecule has 0 aromatic carbocycles. The molecule has 0 aliphatic carbocycles. The third-order valence-corrected chi connectivity index (χ3v) is 3.00. The highest BCUT2D eigenvalue weighted by Crippen LogP contribution is 2.26. The van der Waals surface area contributed by atoms with Crippen LogP contribution >= 0.6 is 0 Å². The van der Waals surface area contributed by atoms with E-state index in [0.29, 0.717) is 5.52 Å². The SMILES string of the molecule is COC(=O)c1c(C(=O)OC)c2ccccn2c1C(=O)OC. The summed E-state index contributed by atoms with van der Waals surface area (Å²) in [6.45, 7) is 0. The Kier molecular flexibility index (Phi) is 3.93. The first-order valence-electron chi connectivity index (χ1n) is 5.94. The van der Waals surface area contributed by atoms with Gasteiger partial charge in [-0.05, 0) is 12.1 Å². The summed E-state index contributed by atoms with van der Waals surface area (Å²) in [5, 5.41) is 0. The average Bonchev–Trinajstić information content (AvgIpc) is 2.87. The maximum absolute atomic E-state index is 12.0. The molecule has 0 amide bonds. The van der Waals surface area contributed by atoms with Crippen molar-refractivity contribution in [1.29, 1.82) is 0 Å². The molecule has 0 aliphatic heterocycles. The smallest absolute Gasteiger partial charge is 0.355 e. The predicted molar refractivity (Wildman–Crippen MR) is 71.4 cm³/mol. The molecule has 0 saturated heterocycles. The number of nitrogens with zero attached hydrogens (tertiary/aromatic N) is 1. The number of esters is 3. The highest BCUT2D eigenvalue weighted by Gasteiger charge is 2.32. The van der Waals surface area contributed by atoms with Crippen molar-refractivity contribution >= 4 is 23.4 Å². The second-order valence-corrected chi connectivity index (χ2v) is 4.03. The molecule has 0 atom stereocenters. The monoisotopic (exact) mass is 291 g/mol. The maximum atomic E-state index is 12.0. The van der Waals surface area contributed by atoms with Gasteiger partial charge in [-0.3, -0.25) is 0 Å².